The summed E-state index contributed by atoms with van der Waals surface area (Å²) in [5.74, 6) is 0.845. The van der Waals surface area contributed by atoms with Crippen LogP contribution in [0, 0.1) is 6.92 Å². The minimum Gasteiger partial charge on any atom is -0.374 e. The monoisotopic (exact) mass is 324 g/mol. The average molecular weight is 324 g/mol. The molecular formula is C16H28N4OS. The third-order valence-electron chi connectivity index (χ3n) is 3.75. The molecule has 22 heavy (non-hydrogen) atoms. The highest BCUT2D eigenvalue weighted by Gasteiger charge is 2.18. The molecule has 0 amide bonds. The lowest BCUT2D eigenvalue weighted by molar-refractivity contribution is -0.0161. The van der Waals surface area contributed by atoms with Crippen molar-refractivity contribution in [3.05, 3.63) is 21.9 Å². The second-order valence-corrected chi connectivity index (χ2v) is 7.34. The summed E-state index contributed by atoms with van der Waals surface area (Å²) in [6.07, 6.45) is 1.24. The average Bonchev–Trinajstić information content (AvgIpc) is 2.88. The minimum atomic E-state index is 0.229. The van der Waals surface area contributed by atoms with Crippen LogP contribution in [-0.2, 0) is 11.2 Å². The summed E-state index contributed by atoms with van der Waals surface area (Å²) in [7, 11) is 3.94. The molecule has 1 aromatic heterocycles. The van der Waals surface area contributed by atoms with Crippen molar-refractivity contribution in [2.24, 2.45) is 4.99 Å². The van der Waals surface area contributed by atoms with Crippen molar-refractivity contribution >= 4 is 17.3 Å². The molecule has 2 atom stereocenters. The van der Waals surface area contributed by atoms with Crippen LogP contribution in [0.3, 0.4) is 0 Å². The van der Waals surface area contributed by atoms with Crippen LogP contribution in [0.15, 0.2) is 17.1 Å². The van der Waals surface area contributed by atoms with E-state index in [1.165, 1.54) is 9.75 Å². The molecule has 2 rings (SSSR count). The van der Waals surface area contributed by atoms with E-state index < -0.39 is 0 Å². The van der Waals surface area contributed by atoms with Gasteiger partial charge in [-0.1, -0.05) is 0 Å². The SMILES string of the molecule is CN=C(NCC1CN(C)CCO1)NC(C)Cc1ccc(C)s1. The predicted molar refractivity (Wildman–Crippen MR) is 94.0 cm³/mol. The fourth-order valence-corrected chi connectivity index (χ4v) is 3.60. The van der Waals surface area contributed by atoms with Crippen molar-refractivity contribution in [1.82, 2.24) is 15.5 Å². The zero-order valence-corrected chi connectivity index (χ0v) is 14.9. The molecule has 2 unspecified atom stereocenters. The van der Waals surface area contributed by atoms with Crippen molar-refractivity contribution < 1.29 is 4.74 Å². The van der Waals surface area contributed by atoms with Crippen LogP contribution in [0.5, 0.6) is 0 Å². The van der Waals surface area contributed by atoms with E-state index in [1.807, 2.05) is 18.4 Å². The first-order valence-corrected chi connectivity index (χ1v) is 8.71. The Kier molecular flexibility index (Phi) is 6.67. The lowest BCUT2D eigenvalue weighted by Gasteiger charge is -2.30. The molecule has 2 N–H and O–H groups in total. The quantitative estimate of drug-likeness (QED) is 0.636. The Morgan fingerprint density at radius 3 is 3.00 bits per heavy atom. The largest absolute Gasteiger partial charge is 0.374 e. The summed E-state index contributed by atoms with van der Waals surface area (Å²) in [5, 5.41) is 6.82. The third kappa shape index (κ3) is 5.59. The van der Waals surface area contributed by atoms with E-state index in [0.717, 1.165) is 38.6 Å². The maximum Gasteiger partial charge on any atom is 0.191 e. The van der Waals surface area contributed by atoms with E-state index in [9.17, 15) is 0 Å². The topological polar surface area (TPSA) is 48.9 Å². The standard InChI is InChI=1S/C16H28N4OS/c1-12(9-15-6-5-13(2)22-15)19-16(17-3)18-10-14-11-20(4)7-8-21-14/h5-6,12,14H,7-11H2,1-4H3,(H2,17,18,19). The molecular weight excluding hydrogens is 296 g/mol. The fourth-order valence-electron chi connectivity index (χ4n) is 2.58. The lowest BCUT2D eigenvalue weighted by Crippen LogP contribution is -2.49. The van der Waals surface area contributed by atoms with Crippen LogP contribution in [0.25, 0.3) is 0 Å². The predicted octanol–water partition coefficient (Wildman–Crippen LogP) is 1.48. The molecule has 0 saturated carbocycles. The molecule has 1 fully saturated rings. The summed E-state index contributed by atoms with van der Waals surface area (Å²) in [6.45, 7) is 7.91. The van der Waals surface area contributed by atoms with Gasteiger partial charge in [-0.2, -0.15) is 0 Å². The molecule has 1 saturated heterocycles. The number of nitrogens with zero attached hydrogens (tertiary/aromatic N) is 2. The Balaban J connectivity index is 1.74. The Hall–Kier alpha value is -1.11. The van der Waals surface area contributed by atoms with Crippen molar-refractivity contribution in [3.8, 4) is 0 Å². The smallest absolute Gasteiger partial charge is 0.191 e. The van der Waals surface area contributed by atoms with Crippen LogP contribution >= 0.6 is 11.3 Å². The van der Waals surface area contributed by atoms with Gasteiger partial charge < -0.3 is 20.3 Å². The second-order valence-electron chi connectivity index (χ2n) is 5.97. The number of guanidine groups is 1. The zero-order chi connectivity index (χ0) is 15.9. The highest BCUT2D eigenvalue weighted by atomic mass is 32.1. The van der Waals surface area contributed by atoms with Crippen LogP contribution in [0.1, 0.15) is 16.7 Å². The van der Waals surface area contributed by atoms with E-state index >= 15 is 0 Å². The lowest BCUT2D eigenvalue weighted by atomic mass is 10.2. The highest BCUT2D eigenvalue weighted by molar-refractivity contribution is 7.11. The number of hydrogen-bond donors (Lipinski definition) is 2. The van der Waals surface area contributed by atoms with Gasteiger partial charge >= 0.3 is 0 Å². The number of thiophene rings is 1. The molecule has 124 valence electrons. The molecule has 0 aliphatic carbocycles. The maximum atomic E-state index is 5.76. The molecule has 1 aliphatic rings. The first kappa shape index (κ1) is 17.2. The van der Waals surface area contributed by atoms with Crippen molar-refractivity contribution in [1.29, 1.82) is 0 Å². The molecule has 2 heterocycles. The highest BCUT2D eigenvalue weighted by Crippen LogP contribution is 2.16. The van der Waals surface area contributed by atoms with Gasteiger partial charge in [0.15, 0.2) is 5.96 Å². The molecule has 0 spiro atoms. The molecule has 6 heteroatoms. The van der Waals surface area contributed by atoms with E-state index in [0.29, 0.717) is 6.04 Å². The number of aliphatic imine (C=N–C) groups is 1. The van der Waals surface area contributed by atoms with Gasteiger partial charge in [0, 0.05) is 48.9 Å². The fraction of sp³-hybridized carbons (Fsp3) is 0.688. The van der Waals surface area contributed by atoms with E-state index in [4.69, 9.17) is 4.74 Å². The maximum absolute atomic E-state index is 5.76. The molecule has 1 aromatic rings. The van der Waals surface area contributed by atoms with Crippen molar-refractivity contribution in [2.45, 2.75) is 32.4 Å². The van der Waals surface area contributed by atoms with Gasteiger partial charge in [-0.3, -0.25) is 4.99 Å². The van der Waals surface area contributed by atoms with Gasteiger partial charge in [0.2, 0.25) is 0 Å². The zero-order valence-electron chi connectivity index (χ0n) is 14.1. The van der Waals surface area contributed by atoms with Crippen LogP contribution in [0.2, 0.25) is 0 Å². The van der Waals surface area contributed by atoms with Crippen LogP contribution < -0.4 is 10.6 Å². The van der Waals surface area contributed by atoms with E-state index in [2.05, 4.69) is 53.6 Å². The number of rotatable bonds is 5. The summed E-state index contributed by atoms with van der Waals surface area (Å²) >= 11 is 1.86. The Bertz CT molecular complexity index is 488. The second kappa shape index (κ2) is 8.50. The Morgan fingerprint density at radius 2 is 2.36 bits per heavy atom. The Morgan fingerprint density at radius 1 is 1.55 bits per heavy atom. The van der Waals surface area contributed by atoms with Crippen LogP contribution in [0.4, 0.5) is 0 Å². The first-order chi connectivity index (χ1) is 10.6. The number of aryl methyl sites for hydroxylation is 1. The Labute approximate surface area is 137 Å². The van der Waals surface area contributed by atoms with Gasteiger partial charge in [0.25, 0.3) is 0 Å². The van der Waals surface area contributed by atoms with Gasteiger partial charge in [-0.15, -0.1) is 11.3 Å². The normalized spacial score (nSPS) is 21.6. The summed E-state index contributed by atoms with van der Waals surface area (Å²) in [6, 6.07) is 4.73. The number of likely N-dealkylation sites (N-methyl/N-ethyl adjacent to an activating group) is 1. The third-order valence-corrected chi connectivity index (χ3v) is 4.77. The molecule has 5 nitrogen and oxygen atoms in total. The summed E-state index contributed by atoms with van der Waals surface area (Å²) in [5.41, 5.74) is 0. The summed E-state index contributed by atoms with van der Waals surface area (Å²) in [4.78, 5) is 9.38. The van der Waals surface area contributed by atoms with Crippen molar-refractivity contribution in [2.75, 3.05) is 40.3 Å². The molecule has 0 aromatic carbocycles. The number of ether oxygens (including phenoxy) is 1. The molecule has 0 radical (unpaired) electrons. The number of nitrogens with one attached hydrogen (secondary N) is 2. The van der Waals surface area contributed by atoms with Gasteiger partial charge in [0.05, 0.1) is 12.7 Å². The number of hydrogen-bond acceptors (Lipinski definition) is 4. The van der Waals surface area contributed by atoms with Crippen molar-refractivity contribution in [3.63, 3.8) is 0 Å². The van der Waals surface area contributed by atoms with E-state index in [1.54, 1.807) is 0 Å². The van der Waals surface area contributed by atoms with Gasteiger partial charge in [0.1, 0.15) is 0 Å². The minimum absolute atomic E-state index is 0.229. The summed E-state index contributed by atoms with van der Waals surface area (Å²) < 4.78 is 5.76. The van der Waals surface area contributed by atoms with Gasteiger partial charge in [-0.05, 0) is 33.0 Å². The van der Waals surface area contributed by atoms with Gasteiger partial charge in [-0.25, -0.2) is 0 Å². The molecule has 1 aliphatic heterocycles. The number of morpholine rings is 1. The van der Waals surface area contributed by atoms with Crippen LogP contribution in [-0.4, -0.2) is 63.3 Å². The molecule has 0 bridgehead atoms. The van der Waals surface area contributed by atoms with E-state index in [-0.39, 0.29) is 6.10 Å². The first-order valence-electron chi connectivity index (χ1n) is 7.89.